The van der Waals surface area contributed by atoms with E-state index in [1.54, 1.807) is 11.0 Å². The second kappa shape index (κ2) is 5.35. The summed E-state index contributed by atoms with van der Waals surface area (Å²) in [5.41, 5.74) is 0. The van der Waals surface area contributed by atoms with Crippen LogP contribution in [0.1, 0.15) is 13.8 Å². The average molecular weight is 220 g/mol. The average Bonchev–Trinajstić information content (AvgIpc) is 1.98. The van der Waals surface area contributed by atoms with E-state index in [4.69, 9.17) is 0 Å². The number of alkyl halides is 1. The van der Waals surface area contributed by atoms with Crippen molar-refractivity contribution in [3.8, 4) is 0 Å². The van der Waals surface area contributed by atoms with Crippen LogP contribution in [0, 0.1) is 0 Å². The second-order valence-electron chi connectivity index (χ2n) is 2.56. The predicted octanol–water partition coefficient (Wildman–Crippen LogP) is 1.80. The van der Waals surface area contributed by atoms with Crippen molar-refractivity contribution in [3.05, 3.63) is 12.7 Å². The maximum absolute atomic E-state index is 11.2. The summed E-state index contributed by atoms with van der Waals surface area (Å²) in [5.74, 6) is 0.111. The Labute approximate surface area is 76.4 Å². The Morgan fingerprint density at radius 1 is 1.73 bits per heavy atom. The van der Waals surface area contributed by atoms with E-state index in [2.05, 4.69) is 22.5 Å². The summed E-state index contributed by atoms with van der Waals surface area (Å²) in [5, 5.41) is 0.388. The van der Waals surface area contributed by atoms with Crippen LogP contribution in [0.4, 0.5) is 0 Å². The van der Waals surface area contributed by atoms with Crippen LogP contribution in [-0.2, 0) is 4.79 Å². The first-order valence-electron chi connectivity index (χ1n) is 3.59. The van der Waals surface area contributed by atoms with Crippen molar-refractivity contribution >= 4 is 21.8 Å². The molecule has 0 rings (SSSR count). The van der Waals surface area contributed by atoms with E-state index in [0.29, 0.717) is 11.9 Å². The van der Waals surface area contributed by atoms with Gasteiger partial charge in [0, 0.05) is 12.6 Å². The Balaban J connectivity index is 4.08. The smallest absolute Gasteiger partial charge is 0.233 e. The molecule has 3 heteroatoms. The maximum Gasteiger partial charge on any atom is 0.233 e. The van der Waals surface area contributed by atoms with Crippen LogP contribution in [-0.4, -0.2) is 28.7 Å². The lowest BCUT2D eigenvalue weighted by Gasteiger charge is -2.24. The van der Waals surface area contributed by atoms with E-state index in [-0.39, 0.29) is 11.9 Å². The van der Waals surface area contributed by atoms with Gasteiger partial charge in [-0.15, -0.1) is 6.58 Å². The third kappa shape index (κ3) is 3.56. The van der Waals surface area contributed by atoms with E-state index >= 15 is 0 Å². The Morgan fingerprint density at radius 2 is 2.27 bits per heavy atom. The number of hydrogen-bond donors (Lipinski definition) is 0. The van der Waals surface area contributed by atoms with Crippen LogP contribution in [0.25, 0.3) is 0 Å². The molecule has 1 amide bonds. The maximum atomic E-state index is 11.2. The Kier molecular flexibility index (Phi) is 5.20. The summed E-state index contributed by atoms with van der Waals surface area (Å²) in [6.07, 6.45) is 1.74. The lowest BCUT2D eigenvalue weighted by Crippen LogP contribution is -2.37. The molecule has 0 aromatic carbocycles. The number of hydrogen-bond acceptors (Lipinski definition) is 1. The molecule has 2 nitrogen and oxygen atoms in total. The molecule has 0 fully saturated rings. The molecule has 11 heavy (non-hydrogen) atoms. The highest BCUT2D eigenvalue weighted by Gasteiger charge is 2.12. The van der Waals surface area contributed by atoms with Crippen LogP contribution in [0.2, 0.25) is 0 Å². The van der Waals surface area contributed by atoms with E-state index in [0.717, 1.165) is 0 Å². The number of carbonyl (C=O) groups is 1. The number of nitrogens with zero attached hydrogens (tertiary/aromatic N) is 1. The van der Waals surface area contributed by atoms with Crippen molar-refractivity contribution in [2.24, 2.45) is 0 Å². The van der Waals surface area contributed by atoms with Gasteiger partial charge in [0.25, 0.3) is 0 Å². The van der Waals surface area contributed by atoms with Gasteiger partial charge in [-0.1, -0.05) is 22.0 Å². The van der Waals surface area contributed by atoms with Crippen LogP contribution < -0.4 is 0 Å². The topological polar surface area (TPSA) is 20.3 Å². The third-order valence-corrected chi connectivity index (χ3v) is 1.86. The highest BCUT2D eigenvalue weighted by Crippen LogP contribution is 2.00. The lowest BCUT2D eigenvalue weighted by molar-refractivity contribution is -0.129. The number of rotatable bonds is 4. The van der Waals surface area contributed by atoms with E-state index in [1.807, 2.05) is 13.8 Å². The van der Waals surface area contributed by atoms with Gasteiger partial charge in [-0.25, -0.2) is 0 Å². The summed E-state index contributed by atoms with van der Waals surface area (Å²) in [7, 11) is 0. The number of amides is 1. The Morgan fingerprint density at radius 3 is 2.55 bits per heavy atom. The Bertz CT molecular complexity index is 145. The van der Waals surface area contributed by atoms with Crippen molar-refractivity contribution in [2.75, 3.05) is 11.9 Å². The highest BCUT2D eigenvalue weighted by atomic mass is 79.9. The molecule has 0 bridgehead atoms. The fourth-order valence-electron chi connectivity index (χ4n) is 0.816. The molecule has 64 valence electrons. The fraction of sp³-hybridized carbons (Fsp3) is 0.625. The van der Waals surface area contributed by atoms with Crippen LogP contribution in [0.3, 0.4) is 0 Å². The van der Waals surface area contributed by atoms with Crippen molar-refractivity contribution in [1.82, 2.24) is 4.90 Å². The highest BCUT2D eigenvalue weighted by molar-refractivity contribution is 9.09. The first-order chi connectivity index (χ1) is 5.13. The Hall–Kier alpha value is -0.310. The zero-order valence-electron chi connectivity index (χ0n) is 7.01. The van der Waals surface area contributed by atoms with E-state index in [1.165, 1.54) is 0 Å². The molecule has 0 atom stereocenters. The van der Waals surface area contributed by atoms with E-state index < -0.39 is 0 Å². The molecule has 0 aliphatic heterocycles. The molecule has 0 aliphatic carbocycles. The number of halogens is 1. The first kappa shape index (κ1) is 10.7. The molecule has 0 spiro atoms. The van der Waals surface area contributed by atoms with Crippen molar-refractivity contribution < 1.29 is 4.79 Å². The van der Waals surface area contributed by atoms with Crippen molar-refractivity contribution in [2.45, 2.75) is 19.9 Å². The minimum atomic E-state index is 0.111. The van der Waals surface area contributed by atoms with Gasteiger partial charge < -0.3 is 4.90 Å². The van der Waals surface area contributed by atoms with Crippen LogP contribution >= 0.6 is 15.9 Å². The molecular weight excluding hydrogens is 206 g/mol. The summed E-state index contributed by atoms with van der Waals surface area (Å²) < 4.78 is 0. The summed E-state index contributed by atoms with van der Waals surface area (Å²) in [4.78, 5) is 12.9. The zero-order valence-corrected chi connectivity index (χ0v) is 8.60. The lowest BCUT2D eigenvalue weighted by atomic mass is 10.3. The molecule has 0 aromatic heterocycles. The summed E-state index contributed by atoms with van der Waals surface area (Å²) in [6.45, 7) is 8.20. The zero-order chi connectivity index (χ0) is 8.85. The quantitative estimate of drug-likeness (QED) is 0.522. The first-order valence-corrected chi connectivity index (χ1v) is 4.72. The van der Waals surface area contributed by atoms with Gasteiger partial charge in [-0.05, 0) is 13.8 Å². The standard InChI is InChI=1S/C8H14BrNO/c1-4-5-10(7(2)3)8(11)6-9/h4,7H,1,5-6H2,2-3H3. The van der Waals surface area contributed by atoms with Crippen molar-refractivity contribution in [3.63, 3.8) is 0 Å². The normalized spacial score (nSPS) is 9.82. The van der Waals surface area contributed by atoms with E-state index in [9.17, 15) is 4.79 Å². The molecule has 0 heterocycles. The molecule has 0 aliphatic rings. The molecular formula is C8H14BrNO. The van der Waals surface area contributed by atoms with Crippen LogP contribution in [0.15, 0.2) is 12.7 Å². The molecule has 0 N–H and O–H groups in total. The third-order valence-electron chi connectivity index (χ3n) is 1.38. The summed E-state index contributed by atoms with van der Waals surface area (Å²) >= 11 is 3.13. The predicted molar refractivity (Wildman–Crippen MR) is 50.8 cm³/mol. The van der Waals surface area contributed by atoms with Crippen molar-refractivity contribution in [1.29, 1.82) is 0 Å². The molecule has 0 saturated carbocycles. The van der Waals surface area contributed by atoms with Gasteiger partial charge >= 0.3 is 0 Å². The minimum absolute atomic E-state index is 0.111. The molecule has 0 saturated heterocycles. The van der Waals surface area contributed by atoms with Gasteiger partial charge in [0.2, 0.25) is 5.91 Å². The fourth-order valence-corrected chi connectivity index (χ4v) is 1.14. The SMILES string of the molecule is C=CCN(C(=O)CBr)C(C)C. The van der Waals surface area contributed by atoms with Crippen LogP contribution in [0.5, 0.6) is 0 Å². The molecule has 0 radical (unpaired) electrons. The van der Waals surface area contributed by atoms with Gasteiger partial charge in [0.1, 0.15) is 0 Å². The largest absolute Gasteiger partial charge is 0.336 e. The van der Waals surface area contributed by atoms with Gasteiger partial charge in [0.15, 0.2) is 0 Å². The molecule has 0 unspecified atom stereocenters. The molecule has 0 aromatic rings. The number of carbonyl (C=O) groups excluding carboxylic acids is 1. The summed E-state index contributed by atoms with van der Waals surface area (Å²) in [6, 6.07) is 0.248. The minimum Gasteiger partial charge on any atom is -0.336 e. The van der Waals surface area contributed by atoms with Gasteiger partial charge in [0.05, 0.1) is 5.33 Å². The van der Waals surface area contributed by atoms with Gasteiger partial charge in [-0.2, -0.15) is 0 Å². The monoisotopic (exact) mass is 219 g/mol. The van der Waals surface area contributed by atoms with Gasteiger partial charge in [-0.3, -0.25) is 4.79 Å². The second-order valence-corrected chi connectivity index (χ2v) is 3.12.